The van der Waals surface area contributed by atoms with Crippen molar-refractivity contribution in [3.05, 3.63) is 28.2 Å². The zero-order valence-electron chi connectivity index (χ0n) is 12.6. The molecule has 1 aromatic rings. The first kappa shape index (κ1) is 19.4. The van der Waals surface area contributed by atoms with Gasteiger partial charge in [-0.15, -0.1) is 12.4 Å². The Labute approximate surface area is 147 Å². The zero-order valence-corrected chi connectivity index (χ0v) is 14.9. The molecule has 4 nitrogen and oxygen atoms in total. The van der Waals surface area contributed by atoms with E-state index in [-0.39, 0.29) is 30.4 Å². The lowest BCUT2D eigenvalue weighted by Crippen LogP contribution is -2.54. The van der Waals surface area contributed by atoms with Gasteiger partial charge >= 0.3 is 0 Å². The first-order valence-corrected chi connectivity index (χ1v) is 7.88. The molecule has 1 heterocycles. The van der Waals surface area contributed by atoms with Gasteiger partial charge in [0.15, 0.2) is 6.10 Å². The molecule has 124 valence electrons. The third-order valence-electron chi connectivity index (χ3n) is 3.66. The van der Waals surface area contributed by atoms with Gasteiger partial charge in [-0.2, -0.15) is 0 Å². The Kier molecular flexibility index (Phi) is 7.77. The van der Waals surface area contributed by atoms with Crippen molar-refractivity contribution in [2.45, 2.75) is 44.9 Å². The van der Waals surface area contributed by atoms with Crippen LogP contribution in [0.4, 0.5) is 0 Å². The third-order valence-corrected chi connectivity index (χ3v) is 4.19. The first-order valence-electron chi connectivity index (χ1n) is 7.13. The highest BCUT2D eigenvalue weighted by Gasteiger charge is 2.25. The predicted molar refractivity (Wildman–Crippen MR) is 92.4 cm³/mol. The number of ether oxygens (including phenoxy) is 1. The maximum absolute atomic E-state index is 12.2. The van der Waals surface area contributed by atoms with Gasteiger partial charge in [-0.05, 0) is 51.4 Å². The van der Waals surface area contributed by atoms with Crippen LogP contribution in [0.3, 0.4) is 0 Å². The molecule has 22 heavy (non-hydrogen) atoms. The van der Waals surface area contributed by atoms with E-state index in [4.69, 9.17) is 27.9 Å². The summed E-state index contributed by atoms with van der Waals surface area (Å²) in [6, 6.07) is 5.35. The van der Waals surface area contributed by atoms with E-state index in [0.717, 1.165) is 19.4 Å². The minimum absolute atomic E-state index is 0. The van der Waals surface area contributed by atoms with Crippen molar-refractivity contribution in [3.63, 3.8) is 0 Å². The molecule has 1 saturated heterocycles. The number of hydrogen-bond acceptors (Lipinski definition) is 3. The zero-order chi connectivity index (χ0) is 15.4. The molecule has 0 bridgehead atoms. The summed E-state index contributed by atoms with van der Waals surface area (Å²) in [7, 11) is 0. The van der Waals surface area contributed by atoms with Crippen molar-refractivity contribution in [1.82, 2.24) is 10.6 Å². The SMILES string of the molecule is CC(Oc1ccc(Cl)cc1Cl)C(=O)NC1CCCNC1C.Cl. The van der Waals surface area contributed by atoms with E-state index >= 15 is 0 Å². The van der Waals surface area contributed by atoms with E-state index in [1.165, 1.54) is 0 Å². The number of carbonyl (C=O) groups is 1. The molecule has 1 amide bonds. The van der Waals surface area contributed by atoms with Gasteiger partial charge in [-0.3, -0.25) is 4.79 Å². The number of halogens is 3. The van der Waals surface area contributed by atoms with Gasteiger partial charge in [0, 0.05) is 17.1 Å². The highest BCUT2D eigenvalue weighted by molar-refractivity contribution is 6.35. The lowest BCUT2D eigenvalue weighted by Gasteiger charge is -2.31. The lowest BCUT2D eigenvalue weighted by atomic mass is 10.00. The second-order valence-corrected chi connectivity index (χ2v) is 6.18. The smallest absolute Gasteiger partial charge is 0.261 e. The van der Waals surface area contributed by atoms with Gasteiger partial charge in [0.2, 0.25) is 0 Å². The van der Waals surface area contributed by atoms with Gasteiger partial charge in [-0.25, -0.2) is 0 Å². The molecule has 0 aliphatic carbocycles. The molecule has 0 radical (unpaired) electrons. The van der Waals surface area contributed by atoms with Crippen LogP contribution < -0.4 is 15.4 Å². The van der Waals surface area contributed by atoms with Crippen molar-refractivity contribution in [1.29, 1.82) is 0 Å². The third kappa shape index (κ3) is 5.20. The van der Waals surface area contributed by atoms with E-state index in [1.54, 1.807) is 25.1 Å². The maximum Gasteiger partial charge on any atom is 0.261 e. The van der Waals surface area contributed by atoms with Crippen LogP contribution >= 0.6 is 35.6 Å². The van der Waals surface area contributed by atoms with Crippen LogP contribution in [0.15, 0.2) is 18.2 Å². The average molecular weight is 368 g/mol. The van der Waals surface area contributed by atoms with Gasteiger partial charge < -0.3 is 15.4 Å². The molecule has 0 spiro atoms. The molecule has 3 unspecified atom stereocenters. The fourth-order valence-corrected chi connectivity index (χ4v) is 2.81. The summed E-state index contributed by atoms with van der Waals surface area (Å²) in [5.74, 6) is 0.320. The summed E-state index contributed by atoms with van der Waals surface area (Å²) in [4.78, 5) is 12.2. The number of amides is 1. The largest absolute Gasteiger partial charge is 0.479 e. The Hall–Kier alpha value is -0.680. The monoisotopic (exact) mass is 366 g/mol. The summed E-state index contributed by atoms with van der Waals surface area (Å²) < 4.78 is 5.62. The van der Waals surface area contributed by atoms with Gasteiger partial charge in [0.1, 0.15) is 5.75 Å². The van der Waals surface area contributed by atoms with Crippen LogP contribution in [0.25, 0.3) is 0 Å². The Morgan fingerprint density at radius 1 is 1.45 bits per heavy atom. The minimum atomic E-state index is -0.613. The molecular formula is C15H21Cl3N2O2. The van der Waals surface area contributed by atoms with Crippen molar-refractivity contribution >= 4 is 41.5 Å². The average Bonchev–Trinajstić information content (AvgIpc) is 2.44. The predicted octanol–water partition coefficient (Wildman–Crippen LogP) is 3.44. The fourth-order valence-electron chi connectivity index (χ4n) is 2.36. The van der Waals surface area contributed by atoms with Gasteiger partial charge in [0.25, 0.3) is 5.91 Å². The summed E-state index contributed by atoms with van der Waals surface area (Å²) in [6.07, 6.45) is 1.43. The van der Waals surface area contributed by atoms with E-state index in [0.29, 0.717) is 15.8 Å². The number of carbonyl (C=O) groups excluding carboxylic acids is 1. The number of nitrogens with one attached hydrogen (secondary N) is 2. The van der Waals surface area contributed by atoms with E-state index in [2.05, 4.69) is 17.6 Å². The molecule has 0 aromatic heterocycles. The van der Waals surface area contributed by atoms with E-state index in [9.17, 15) is 4.79 Å². The molecule has 2 N–H and O–H groups in total. The van der Waals surface area contributed by atoms with Crippen LogP contribution in [-0.4, -0.2) is 30.6 Å². The first-order chi connectivity index (χ1) is 9.97. The van der Waals surface area contributed by atoms with E-state index < -0.39 is 6.10 Å². The highest BCUT2D eigenvalue weighted by Crippen LogP contribution is 2.28. The lowest BCUT2D eigenvalue weighted by molar-refractivity contribution is -0.128. The Balaban J connectivity index is 0.00000242. The fraction of sp³-hybridized carbons (Fsp3) is 0.533. The molecule has 1 fully saturated rings. The Bertz CT molecular complexity index is 514. The van der Waals surface area contributed by atoms with Crippen LogP contribution in [0.1, 0.15) is 26.7 Å². The van der Waals surface area contributed by atoms with Gasteiger partial charge in [0.05, 0.1) is 5.02 Å². The molecule has 7 heteroatoms. The van der Waals surface area contributed by atoms with Crippen molar-refractivity contribution in [2.75, 3.05) is 6.54 Å². The minimum Gasteiger partial charge on any atom is -0.479 e. The molecule has 0 saturated carbocycles. The molecular weight excluding hydrogens is 347 g/mol. The van der Waals surface area contributed by atoms with Crippen LogP contribution in [0, 0.1) is 0 Å². The normalized spacial score (nSPS) is 22.4. The number of piperidine rings is 1. The summed E-state index contributed by atoms with van der Waals surface area (Å²) in [6.45, 7) is 4.78. The summed E-state index contributed by atoms with van der Waals surface area (Å²) in [5, 5.41) is 7.31. The molecule has 1 aliphatic rings. The Morgan fingerprint density at radius 2 is 2.18 bits per heavy atom. The molecule has 1 aromatic carbocycles. The molecule has 1 aliphatic heterocycles. The Morgan fingerprint density at radius 3 is 2.82 bits per heavy atom. The number of hydrogen-bond donors (Lipinski definition) is 2. The van der Waals surface area contributed by atoms with Crippen LogP contribution in [0.2, 0.25) is 10.0 Å². The molecule has 3 atom stereocenters. The highest BCUT2D eigenvalue weighted by atomic mass is 35.5. The summed E-state index contributed by atoms with van der Waals surface area (Å²) >= 11 is 11.9. The second-order valence-electron chi connectivity index (χ2n) is 5.33. The molecule has 2 rings (SSSR count). The second kappa shape index (κ2) is 8.82. The van der Waals surface area contributed by atoms with Crippen molar-refractivity contribution in [3.8, 4) is 5.75 Å². The summed E-state index contributed by atoms with van der Waals surface area (Å²) in [5.41, 5.74) is 0. The van der Waals surface area contributed by atoms with E-state index in [1.807, 2.05) is 0 Å². The quantitative estimate of drug-likeness (QED) is 0.857. The van der Waals surface area contributed by atoms with Crippen molar-refractivity contribution in [2.24, 2.45) is 0 Å². The van der Waals surface area contributed by atoms with Crippen LogP contribution in [-0.2, 0) is 4.79 Å². The van der Waals surface area contributed by atoms with Gasteiger partial charge in [-0.1, -0.05) is 23.2 Å². The standard InChI is InChI=1S/C15H20Cl2N2O2.ClH/c1-9-13(4-3-7-18-9)19-15(20)10(2)21-14-6-5-11(16)8-12(14)17;/h5-6,8-10,13,18H,3-4,7H2,1-2H3,(H,19,20);1H. The maximum atomic E-state index is 12.2. The van der Waals surface area contributed by atoms with Crippen molar-refractivity contribution < 1.29 is 9.53 Å². The van der Waals surface area contributed by atoms with Crippen LogP contribution in [0.5, 0.6) is 5.75 Å². The topological polar surface area (TPSA) is 50.4 Å². The number of benzene rings is 1. The number of rotatable bonds is 4.